The predicted octanol–water partition coefficient (Wildman–Crippen LogP) is 2.90. The highest BCUT2D eigenvalue weighted by Gasteiger charge is 2.25. The zero-order chi connectivity index (χ0) is 16.2. The number of carbonyl (C=O) groups is 1. The largest absolute Gasteiger partial charge is 0.389 e. The standard InChI is InChI=1S/C15H22ClFN2O2/c1-5-19(9-15(3,4)21)10(2)14(20)18-13-7-6-11(17)8-12(13)16/h6-8,10,21H,5,9H2,1-4H3,(H,18,20). The lowest BCUT2D eigenvalue weighted by Crippen LogP contribution is -2.48. The van der Waals surface area contributed by atoms with Gasteiger partial charge in [0.25, 0.3) is 0 Å². The number of halogens is 2. The van der Waals surface area contributed by atoms with Gasteiger partial charge in [0.1, 0.15) is 5.82 Å². The molecule has 0 fully saturated rings. The van der Waals surface area contributed by atoms with Gasteiger partial charge >= 0.3 is 0 Å². The number of benzene rings is 1. The van der Waals surface area contributed by atoms with Gasteiger partial charge in [0.05, 0.1) is 22.4 Å². The Hall–Kier alpha value is -1.17. The molecular formula is C15H22ClFN2O2. The molecule has 0 saturated heterocycles. The lowest BCUT2D eigenvalue weighted by Gasteiger charge is -2.32. The van der Waals surface area contributed by atoms with Crippen LogP contribution in [0.1, 0.15) is 27.7 Å². The lowest BCUT2D eigenvalue weighted by atomic mass is 10.1. The van der Waals surface area contributed by atoms with Gasteiger partial charge in [-0.05, 0) is 45.5 Å². The van der Waals surface area contributed by atoms with Crippen molar-refractivity contribution in [3.8, 4) is 0 Å². The first-order valence-corrected chi connectivity index (χ1v) is 7.24. The topological polar surface area (TPSA) is 52.6 Å². The molecule has 0 aliphatic carbocycles. The van der Waals surface area contributed by atoms with Crippen LogP contribution in [0.3, 0.4) is 0 Å². The summed E-state index contributed by atoms with van der Waals surface area (Å²) in [5.74, 6) is -0.710. The normalized spacial score (nSPS) is 13.3. The van der Waals surface area contributed by atoms with Gasteiger partial charge in [0.2, 0.25) is 5.91 Å². The summed E-state index contributed by atoms with van der Waals surface area (Å²) in [5, 5.41) is 12.7. The van der Waals surface area contributed by atoms with Crippen molar-refractivity contribution in [2.24, 2.45) is 0 Å². The number of aliphatic hydroxyl groups is 1. The van der Waals surface area contributed by atoms with Crippen LogP contribution in [0.25, 0.3) is 0 Å². The second kappa shape index (κ2) is 7.20. The lowest BCUT2D eigenvalue weighted by molar-refractivity contribution is -0.121. The Kier molecular flexibility index (Phi) is 6.13. The van der Waals surface area contributed by atoms with Crippen LogP contribution in [-0.2, 0) is 4.79 Å². The van der Waals surface area contributed by atoms with E-state index in [0.29, 0.717) is 18.8 Å². The number of amides is 1. The highest BCUT2D eigenvalue weighted by Crippen LogP contribution is 2.23. The number of nitrogens with one attached hydrogen (secondary N) is 1. The van der Waals surface area contributed by atoms with E-state index in [0.717, 1.165) is 6.07 Å². The molecule has 4 nitrogen and oxygen atoms in total. The zero-order valence-electron chi connectivity index (χ0n) is 12.8. The maximum atomic E-state index is 13.0. The third-order valence-electron chi connectivity index (χ3n) is 3.11. The molecule has 0 heterocycles. The SMILES string of the molecule is CCN(CC(C)(C)O)C(C)C(=O)Nc1ccc(F)cc1Cl. The van der Waals surface area contributed by atoms with Crippen LogP contribution in [0.2, 0.25) is 5.02 Å². The molecule has 1 aromatic carbocycles. The molecule has 21 heavy (non-hydrogen) atoms. The summed E-state index contributed by atoms with van der Waals surface area (Å²) in [6.45, 7) is 8.04. The molecule has 1 atom stereocenters. The molecule has 0 aliphatic heterocycles. The first-order chi connectivity index (χ1) is 9.64. The van der Waals surface area contributed by atoms with E-state index >= 15 is 0 Å². The van der Waals surface area contributed by atoms with E-state index in [-0.39, 0.29) is 10.9 Å². The molecule has 0 radical (unpaired) electrons. The maximum absolute atomic E-state index is 13.0. The van der Waals surface area contributed by atoms with Crippen LogP contribution in [0, 0.1) is 5.82 Å². The van der Waals surface area contributed by atoms with Gasteiger partial charge in [-0.3, -0.25) is 9.69 Å². The molecule has 1 rings (SSSR count). The van der Waals surface area contributed by atoms with E-state index in [9.17, 15) is 14.3 Å². The number of anilines is 1. The highest BCUT2D eigenvalue weighted by atomic mass is 35.5. The predicted molar refractivity (Wildman–Crippen MR) is 83.0 cm³/mol. The van der Waals surface area contributed by atoms with E-state index in [2.05, 4.69) is 5.32 Å². The van der Waals surface area contributed by atoms with Crippen molar-refractivity contribution in [2.45, 2.75) is 39.3 Å². The number of nitrogens with zero attached hydrogens (tertiary/aromatic N) is 1. The highest BCUT2D eigenvalue weighted by molar-refractivity contribution is 6.33. The molecule has 2 N–H and O–H groups in total. The average molecular weight is 317 g/mol. The summed E-state index contributed by atoms with van der Waals surface area (Å²) in [5.41, 5.74) is -0.521. The van der Waals surface area contributed by atoms with Crippen LogP contribution in [0.15, 0.2) is 18.2 Å². The molecule has 0 aliphatic rings. The Morgan fingerprint density at radius 3 is 2.62 bits per heavy atom. The summed E-state index contributed by atoms with van der Waals surface area (Å²) in [6.07, 6.45) is 0. The summed E-state index contributed by atoms with van der Waals surface area (Å²) < 4.78 is 13.0. The third kappa shape index (κ3) is 5.61. The van der Waals surface area contributed by atoms with E-state index in [1.165, 1.54) is 12.1 Å². The Morgan fingerprint density at radius 1 is 1.52 bits per heavy atom. The summed E-state index contributed by atoms with van der Waals surface area (Å²) in [7, 11) is 0. The average Bonchev–Trinajstić information content (AvgIpc) is 2.37. The van der Waals surface area contributed by atoms with Crippen LogP contribution in [-0.4, -0.2) is 40.6 Å². The van der Waals surface area contributed by atoms with Gasteiger partial charge in [-0.25, -0.2) is 4.39 Å². The van der Waals surface area contributed by atoms with Crippen molar-refractivity contribution in [1.82, 2.24) is 4.90 Å². The Labute approximate surface area is 129 Å². The van der Waals surface area contributed by atoms with Crippen molar-refractivity contribution in [3.63, 3.8) is 0 Å². The number of rotatable bonds is 6. The van der Waals surface area contributed by atoms with E-state index in [1.807, 2.05) is 11.8 Å². The van der Waals surface area contributed by atoms with Crippen LogP contribution >= 0.6 is 11.6 Å². The molecule has 0 aromatic heterocycles. The van der Waals surface area contributed by atoms with Crippen molar-refractivity contribution < 1.29 is 14.3 Å². The Balaban J connectivity index is 2.77. The minimum atomic E-state index is -0.891. The molecule has 6 heteroatoms. The molecule has 0 bridgehead atoms. The van der Waals surface area contributed by atoms with E-state index in [1.54, 1.807) is 20.8 Å². The molecule has 118 valence electrons. The fourth-order valence-electron chi connectivity index (χ4n) is 2.01. The van der Waals surface area contributed by atoms with Gasteiger partial charge in [-0.1, -0.05) is 18.5 Å². The van der Waals surface area contributed by atoms with Gasteiger partial charge in [0, 0.05) is 6.54 Å². The first-order valence-electron chi connectivity index (χ1n) is 6.86. The second-order valence-electron chi connectivity index (χ2n) is 5.66. The van der Waals surface area contributed by atoms with Crippen molar-refractivity contribution in [1.29, 1.82) is 0 Å². The monoisotopic (exact) mass is 316 g/mol. The molecule has 1 unspecified atom stereocenters. The van der Waals surface area contributed by atoms with Crippen LogP contribution in [0.4, 0.5) is 10.1 Å². The molecule has 1 amide bonds. The van der Waals surface area contributed by atoms with Crippen molar-refractivity contribution in [2.75, 3.05) is 18.4 Å². The number of hydrogen-bond donors (Lipinski definition) is 2. The first kappa shape index (κ1) is 17.9. The molecule has 1 aromatic rings. The summed E-state index contributed by atoms with van der Waals surface area (Å²) in [6, 6.07) is 3.37. The molecule has 0 spiro atoms. The van der Waals surface area contributed by atoms with Gasteiger partial charge in [0.15, 0.2) is 0 Å². The van der Waals surface area contributed by atoms with E-state index < -0.39 is 17.5 Å². The van der Waals surface area contributed by atoms with Crippen molar-refractivity contribution >= 4 is 23.2 Å². The van der Waals surface area contributed by atoms with Crippen LogP contribution < -0.4 is 5.32 Å². The van der Waals surface area contributed by atoms with Gasteiger partial charge < -0.3 is 10.4 Å². The number of carbonyl (C=O) groups excluding carboxylic acids is 1. The number of likely N-dealkylation sites (N-methyl/N-ethyl adjacent to an activating group) is 1. The molecule has 0 saturated carbocycles. The fraction of sp³-hybridized carbons (Fsp3) is 0.533. The Bertz CT molecular complexity index is 503. The summed E-state index contributed by atoms with van der Waals surface area (Å²) in [4.78, 5) is 14.1. The smallest absolute Gasteiger partial charge is 0.241 e. The number of hydrogen-bond acceptors (Lipinski definition) is 3. The minimum absolute atomic E-state index is 0.154. The fourth-order valence-corrected chi connectivity index (χ4v) is 2.23. The van der Waals surface area contributed by atoms with Crippen molar-refractivity contribution in [3.05, 3.63) is 29.0 Å². The second-order valence-corrected chi connectivity index (χ2v) is 6.07. The van der Waals surface area contributed by atoms with Crippen LogP contribution in [0.5, 0.6) is 0 Å². The zero-order valence-corrected chi connectivity index (χ0v) is 13.5. The minimum Gasteiger partial charge on any atom is -0.389 e. The van der Waals surface area contributed by atoms with E-state index in [4.69, 9.17) is 11.6 Å². The maximum Gasteiger partial charge on any atom is 0.241 e. The summed E-state index contributed by atoms with van der Waals surface area (Å²) >= 11 is 5.89. The van der Waals surface area contributed by atoms with Gasteiger partial charge in [-0.2, -0.15) is 0 Å². The third-order valence-corrected chi connectivity index (χ3v) is 3.43. The van der Waals surface area contributed by atoms with Gasteiger partial charge in [-0.15, -0.1) is 0 Å². The molecular weight excluding hydrogens is 295 g/mol. The quantitative estimate of drug-likeness (QED) is 0.848. The Morgan fingerprint density at radius 2 is 2.14 bits per heavy atom.